The molecule has 0 saturated carbocycles. The molecule has 1 rings (SSSR count). The zero-order valence-electron chi connectivity index (χ0n) is 15.0. The van der Waals surface area contributed by atoms with Crippen molar-refractivity contribution in [1.82, 2.24) is 0 Å². The van der Waals surface area contributed by atoms with Gasteiger partial charge >= 0.3 is 5.97 Å². The van der Waals surface area contributed by atoms with Crippen molar-refractivity contribution in [2.24, 2.45) is 5.41 Å². The van der Waals surface area contributed by atoms with Crippen LogP contribution in [0.3, 0.4) is 0 Å². The highest BCUT2D eigenvalue weighted by atomic mass is 16.5. The van der Waals surface area contributed by atoms with Crippen LogP contribution >= 0.6 is 0 Å². The third-order valence-corrected chi connectivity index (χ3v) is 4.68. The molecule has 0 radical (unpaired) electrons. The molecule has 1 aliphatic heterocycles. The second-order valence-corrected chi connectivity index (χ2v) is 7.10. The van der Waals surface area contributed by atoms with E-state index in [1.54, 1.807) is 0 Å². The van der Waals surface area contributed by atoms with Gasteiger partial charge in [0.25, 0.3) is 0 Å². The monoisotopic (exact) mass is 328 g/mol. The van der Waals surface area contributed by atoms with Crippen molar-refractivity contribution < 1.29 is 19.4 Å². The number of carbonyl (C=O) groups excluding carboxylic acids is 1. The lowest BCUT2D eigenvalue weighted by Crippen LogP contribution is -2.49. The summed E-state index contributed by atoms with van der Waals surface area (Å²) in [5.41, 5.74) is -0.327. The van der Waals surface area contributed by atoms with E-state index < -0.39 is 0 Å². The van der Waals surface area contributed by atoms with Crippen LogP contribution in [0.2, 0.25) is 0 Å². The maximum Gasteiger partial charge on any atom is 0.305 e. The topological polar surface area (TPSA) is 55.8 Å². The molecule has 136 valence electrons. The summed E-state index contributed by atoms with van der Waals surface area (Å²) in [6.07, 6.45) is 14.6. The standard InChI is InChI=1S/C19H36O4/c1-2-3-4-5-6-7-8-9-10-11-12-13-18(21)23-17-19(14-20)15-22-16-19/h20H,2-17H2,1H3. The van der Waals surface area contributed by atoms with Crippen LogP contribution in [0.25, 0.3) is 0 Å². The van der Waals surface area contributed by atoms with Gasteiger partial charge in [0.1, 0.15) is 6.61 Å². The highest BCUT2D eigenvalue weighted by Crippen LogP contribution is 2.27. The molecule has 0 aliphatic carbocycles. The number of aliphatic hydroxyl groups excluding tert-OH is 1. The Kier molecular flexibility index (Phi) is 11.3. The molecule has 0 atom stereocenters. The highest BCUT2D eigenvalue weighted by Gasteiger charge is 2.39. The Hall–Kier alpha value is -0.610. The number of unbranched alkanes of at least 4 members (excludes halogenated alkanes) is 10. The number of ether oxygens (including phenoxy) is 2. The van der Waals surface area contributed by atoms with Gasteiger partial charge in [0, 0.05) is 6.42 Å². The number of carbonyl (C=O) groups is 1. The number of rotatable bonds is 15. The second-order valence-electron chi connectivity index (χ2n) is 7.10. The van der Waals surface area contributed by atoms with Crippen LogP contribution in [-0.2, 0) is 14.3 Å². The van der Waals surface area contributed by atoms with Gasteiger partial charge in [-0.2, -0.15) is 0 Å². The Morgan fingerprint density at radius 1 is 0.957 bits per heavy atom. The maximum atomic E-state index is 11.7. The summed E-state index contributed by atoms with van der Waals surface area (Å²) in [5, 5.41) is 9.26. The molecule has 0 unspecified atom stereocenters. The van der Waals surface area contributed by atoms with Crippen LogP contribution in [0.1, 0.15) is 84.0 Å². The van der Waals surface area contributed by atoms with Crippen molar-refractivity contribution in [1.29, 1.82) is 0 Å². The van der Waals surface area contributed by atoms with Gasteiger partial charge in [-0.05, 0) is 6.42 Å². The van der Waals surface area contributed by atoms with Gasteiger partial charge in [-0.1, -0.05) is 71.1 Å². The van der Waals surface area contributed by atoms with E-state index in [4.69, 9.17) is 9.47 Å². The van der Waals surface area contributed by atoms with E-state index in [1.807, 2.05) is 0 Å². The average Bonchev–Trinajstić information content (AvgIpc) is 2.52. The van der Waals surface area contributed by atoms with Gasteiger partial charge < -0.3 is 14.6 Å². The molecular formula is C19H36O4. The van der Waals surface area contributed by atoms with Crippen molar-refractivity contribution >= 4 is 5.97 Å². The number of esters is 1. The largest absolute Gasteiger partial charge is 0.465 e. The van der Waals surface area contributed by atoms with Crippen LogP contribution < -0.4 is 0 Å². The molecule has 1 saturated heterocycles. The Bertz CT molecular complexity index is 294. The van der Waals surface area contributed by atoms with Crippen LogP contribution in [0, 0.1) is 5.41 Å². The minimum Gasteiger partial charge on any atom is -0.465 e. The first-order valence-corrected chi connectivity index (χ1v) is 9.57. The van der Waals surface area contributed by atoms with E-state index in [2.05, 4.69) is 6.92 Å². The Labute approximate surface area is 141 Å². The molecule has 0 spiro atoms. The molecule has 1 heterocycles. The Morgan fingerprint density at radius 3 is 1.91 bits per heavy atom. The molecule has 0 aromatic rings. The van der Waals surface area contributed by atoms with E-state index in [-0.39, 0.29) is 18.0 Å². The van der Waals surface area contributed by atoms with Crippen LogP contribution in [-0.4, -0.2) is 37.5 Å². The van der Waals surface area contributed by atoms with Gasteiger partial charge in [0.2, 0.25) is 0 Å². The summed E-state index contributed by atoms with van der Waals surface area (Å²) in [4.78, 5) is 11.7. The lowest BCUT2D eigenvalue weighted by molar-refractivity contribution is -0.179. The second kappa shape index (κ2) is 12.8. The van der Waals surface area contributed by atoms with Gasteiger partial charge in [-0.3, -0.25) is 4.79 Å². The van der Waals surface area contributed by atoms with Crippen LogP contribution in [0.5, 0.6) is 0 Å². The normalized spacial score (nSPS) is 16.1. The Balaban J connectivity index is 1.82. The van der Waals surface area contributed by atoms with E-state index in [1.165, 1.54) is 57.8 Å². The summed E-state index contributed by atoms with van der Waals surface area (Å²) >= 11 is 0. The molecule has 4 heteroatoms. The number of hydrogen-bond acceptors (Lipinski definition) is 4. The minimum atomic E-state index is -0.327. The Morgan fingerprint density at radius 2 is 1.48 bits per heavy atom. The fourth-order valence-corrected chi connectivity index (χ4v) is 2.85. The zero-order chi connectivity index (χ0) is 16.8. The summed E-state index contributed by atoms with van der Waals surface area (Å²) < 4.78 is 10.3. The molecule has 23 heavy (non-hydrogen) atoms. The number of aliphatic hydroxyl groups is 1. The fraction of sp³-hybridized carbons (Fsp3) is 0.947. The van der Waals surface area contributed by atoms with Crippen molar-refractivity contribution in [2.45, 2.75) is 84.0 Å². The van der Waals surface area contributed by atoms with E-state index >= 15 is 0 Å². The third kappa shape index (κ3) is 9.31. The van der Waals surface area contributed by atoms with Crippen LogP contribution in [0.4, 0.5) is 0 Å². The van der Waals surface area contributed by atoms with Crippen molar-refractivity contribution in [3.63, 3.8) is 0 Å². The lowest BCUT2D eigenvalue weighted by Gasteiger charge is -2.38. The summed E-state index contributed by atoms with van der Waals surface area (Å²) in [7, 11) is 0. The first-order chi connectivity index (χ1) is 11.2. The van der Waals surface area contributed by atoms with Gasteiger partial charge in [0.15, 0.2) is 0 Å². The molecular weight excluding hydrogens is 292 g/mol. The third-order valence-electron chi connectivity index (χ3n) is 4.68. The molecule has 1 fully saturated rings. The average molecular weight is 328 g/mol. The smallest absolute Gasteiger partial charge is 0.305 e. The van der Waals surface area contributed by atoms with E-state index in [0.29, 0.717) is 26.2 Å². The SMILES string of the molecule is CCCCCCCCCCCCCC(=O)OCC1(CO)COC1. The first-order valence-electron chi connectivity index (χ1n) is 9.57. The molecule has 1 aliphatic rings. The van der Waals surface area contributed by atoms with Gasteiger partial charge in [0.05, 0.1) is 25.2 Å². The summed E-state index contributed by atoms with van der Waals surface area (Å²) in [6, 6.07) is 0. The van der Waals surface area contributed by atoms with E-state index in [9.17, 15) is 9.90 Å². The van der Waals surface area contributed by atoms with Crippen molar-refractivity contribution in [2.75, 3.05) is 26.4 Å². The maximum absolute atomic E-state index is 11.7. The zero-order valence-corrected chi connectivity index (χ0v) is 15.0. The van der Waals surface area contributed by atoms with Crippen molar-refractivity contribution in [3.8, 4) is 0 Å². The first kappa shape index (κ1) is 20.4. The highest BCUT2D eigenvalue weighted by molar-refractivity contribution is 5.69. The molecule has 0 bridgehead atoms. The van der Waals surface area contributed by atoms with Gasteiger partial charge in [-0.25, -0.2) is 0 Å². The molecule has 0 amide bonds. The van der Waals surface area contributed by atoms with Gasteiger partial charge in [-0.15, -0.1) is 0 Å². The van der Waals surface area contributed by atoms with Crippen LogP contribution in [0.15, 0.2) is 0 Å². The quantitative estimate of drug-likeness (QED) is 0.361. The predicted molar refractivity (Wildman–Crippen MR) is 92.4 cm³/mol. The predicted octanol–water partition coefficient (Wildman–Crippen LogP) is 4.24. The fourth-order valence-electron chi connectivity index (χ4n) is 2.85. The molecule has 4 nitrogen and oxygen atoms in total. The molecule has 0 aromatic heterocycles. The molecule has 1 N–H and O–H groups in total. The lowest BCUT2D eigenvalue weighted by atomic mass is 9.88. The summed E-state index contributed by atoms with van der Waals surface area (Å²) in [6.45, 7) is 3.56. The van der Waals surface area contributed by atoms with E-state index in [0.717, 1.165) is 12.8 Å². The molecule has 0 aromatic carbocycles. The summed E-state index contributed by atoms with van der Waals surface area (Å²) in [5.74, 6) is -0.138. The number of hydrogen-bond donors (Lipinski definition) is 1. The minimum absolute atomic E-state index is 0.0265. The van der Waals surface area contributed by atoms with Crippen molar-refractivity contribution in [3.05, 3.63) is 0 Å².